The molecule has 0 aliphatic carbocycles. The van der Waals surface area contributed by atoms with Crippen molar-refractivity contribution >= 4 is 34.7 Å². The van der Waals surface area contributed by atoms with Crippen LogP contribution in [-0.4, -0.2) is 45.2 Å². The molecule has 0 spiro atoms. The van der Waals surface area contributed by atoms with Gasteiger partial charge in [-0.15, -0.1) is 0 Å². The molecule has 1 atom stereocenters. The van der Waals surface area contributed by atoms with Crippen LogP contribution in [0.3, 0.4) is 0 Å². The molecular weight excluding hydrogens is 438 g/mol. The van der Waals surface area contributed by atoms with Gasteiger partial charge in [0, 0.05) is 18.2 Å². The Balaban J connectivity index is 2.36. The maximum Gasteiger partial charge on any atom is 0.258 e. The van der Waals surface area contributed by atoms with Gasteiger partial charge in [-0.1, -0.05) is 11.6 Å². The summed E-state index contributed by atoms with van der Waals surface area (Å²) in [7, 11) is 2.98. The molecule has 2 aromatic carbocycles. The second kappa shape index (κ2) is 11.9. The highest BCUT2D eigenvalue weighted by Gasteiger charge is 2.25. The van der Waals surface area contributed by atoms with E-state index in [1.807, 2.05) is 6.92 Å². The molecule has 2 aromatic rings. The summed E-state index contributed by atoms with van der Waals surface area (Å²) in [6.07, 6.45) is 0. The quantitative estimate of drug-likeness (QED) is 0.377. The monoisotopic (exact) mass is 463 g/mol. The zero-order valence-electron chi connectivity index (χ0n) is 18.6. The summed E-state index contributed by atoms with van der Waals surface area (Å²) in [4.78, 5) is 25.1. The number of nitrogens with one attached hydrogen (secondary N) is 1. The van der Waals surface area contributed by atoms with Crippen LogP contribution in [0.4, 0.5) is 11.4 Å². The lowest BCUT2D eigenvalue weighted by Gasteiger charge is -2.16. The van der Waals surface area contributed by atoms with Gasteiger partial charge >= 0.3 is 0 Å². The van der Waals surface area contributed by atoms with Crippen LogP contribution in [0, 0.1) is 0 Å². The van der Waals surface area contributed by atoms with Gasteiger partial charge in [-0.05, 0) is 32.9 Å². The maximum atomic E-state index is 12.9. The summed E-state index contributed by atoms with van der Waals surface area (Å²) >= 11 is 6.29. The van der Waals surface area contributed by atoms with Crippen molar-refractivity contribution in [2.45, 2.75) is 26.8 Å². The fourth-order valence-electron chi connectivity index (χ4n) is 2.72. The Morgan fingerprint density at radius 2 is 1.75 bits per heavy atom. The standard InChI is InChI=1S/C22H26ClN3O6/c1-6-31-15-10-16(23)21(32-7-2)18(12-15)24-22(28)20(13(3)27)26-25-17-11-14(29-4)8-9-19(17)30-5/h8-12,20H,6-7H2,1-5H3,(H,24,28). The second-order valence-corrected chi connectivity index (χ2v) is 6.81. The van der Waals surface area contributed by atoms with Crippen LogP contribution in [0.25, 0.3) is 0 Å². The topological polar surface area (TPSA) is 108 Å². The SMILES string of the molecule is CCOc1cc(Cl)c(OCC)c(NC(=O)C(N=Nc2cc(OC)ccc2OC)C(C)=O)c1. The van der Waals surface area contributed by atoms with Crippen LogP contribution in [0.15, 0.2) is 40.6 Å². The Kier molecular flexibility index (Phi) is 9.27. The Morgan fingerprint density at radius 1 is 1.03 bits per heavy atom. The number of azo groups is 1. The van der Waals surface area contributed by atoms with E-state index < -0.39 is 17.7 Å². The molecule has 1 N–H and O–H groups in total. The normalized spacial score (nSPS) is 11.7. The first kappa shape index (κ1) is 24.9. The van der Waals surface area contributed by atoms with Crippen LogP contribution < -0.4 is 24.3 Å². The summed E-state index contributed by atoms with van der Waals surface area (Å²) in [5.41, 5.74) is 0.565. The zero-order valence-corrected chi connectivity index (χ0v) is 19.4. The molecule has 0 saturated carbocycles. The first-order chi connectivity index (χ1) is 15.3. The molecule has 0 aliphatic rings. The molecule has 0 aliphatic heterocycles. The second-order valence-electron chi connectivity index (χ2n) is 6.40. The molecule has 1 amide bonds. The largest absolute Gasteiger partial charge is 0.497 e. The summed E-state index contributed by atoms with van der Waals surface area (Å²) in [5.74, 6) is 0.435. The smallest absolute Gasteiger partial charge is 0.258 e. The van der Waals surface area contributed by atoms with Gasteiger partial charge in [0.1, 0.15) is 22.9 Å². The molecule has 0 heterocycles. The Morgan fingerprint density at radius 3 is 2.34 bits per heavy atom. The van der Waals surface area contributed by atoms with Crippen molar-refractivity contribution in [3.05, 3.63) is 35.4 Å². The lowest BCUT2D eigenvalue weighted by atomic mass is 10.2. The highest BCUT2D eigenvalue weighted by Crippen LogP contribution is 2.38. The van der Waals surface area contributed by atoms with Crippen molar-refractivity contribution in [1.82, 2.24) is 0 Å². The van der Waals surface area contributed by atoms with Crippen LogP contribution in [0.2, 0.25) is 5.02 Å². The van der Waals surface area contributed by atoms with E-state index in [4.69, 9.17) is 30.5 Å². The van der Waals surface area contributed by atoms with Crippen molar-refractivity contribution in [2.24, 2.45) is 10.2 Å². The van der Waals surface area contributed by atoms with E-state index in [2.05, 4.69) is 15.5 Å². The van der Waals surface area contributed by atoms with Crippen molar-refractivity contribution in [3.63, 3.8) is 0 Å². The van der Waals surface area contributed by atoms with Gasteiger partial charge < -0.3 is 24.3 Å². The molecule has 0 aromatic heterocycles. The van der Waals surface area contributed by atoms with Crippen LogP contribution >= 0.6 is 11.6 Å². The number of rotatable bonds is 11. The fourth-order valence-corrected chi connectivity index (χ4v) is 2.98. The van der Waals surface area contributed by atoms with Crippen molar-refractivity contribution in [1.29, 1.82) is 0 Å². The molecule has 0 radical (unpaired) electrons. The van der Waals surface area contributed by atoms with E-state index >= 15 is 0 Å². The van der Waals surface area contributed by atoms with Gasteiger partial charge in [-0.25, -0.2) is 0 Å². The lowest BCUT2D eigenvalue weighted by Crippen LogP contribution is -2.32. The summed E-state index contributed by atoms with van der Waals surface area (Å²) in [6.45, 7) is 5.58. The molecular formula is C22H26ClN3O6. The number of benzene rings is 2. The molecule has 172 valence electrons. The van der Waals surface area contributed by atoms with E-state index in [1.165, 1.54) is 21.1 Å². The average molecular weight is 464 g/mol. The number of ketones is 1. The van der Waals surface area contributed by atoms with E-state index in [0.717, 1.165) is 0 Å². The number of nitrogens with zero attached hydrogens (tertiary/aromatic N) is 2. The number of carbonyl (C=O) groups excluding carboxylic acids is 2. The lowest BCUT2D eigenvalue weighted by molar-refractivity contribution is -0.126. The van der Waals surface area contributed by atoms with Gasteiger partial charge in [0.2, 0.25) is 6.04 Å². The molecule has 9 nitrogen and oxygen atoms in total. The number of ether oxygens (including phenoxy) is 4. The number of hydrogen-bond donors (Lipinski definition) is 1. The van der Waals surface area contributed by atoms with Gasteiger partial charge in [0.05, 0.1) is 38.1 Å². The number of amides is 1. The number of carbonyl (C=O) groups is 2. The van der Waals surface area contributed by atoms with Crippen molar-refractivity contribution in [2.75, 3.05) is 32.8 Å². The third kappa shape index (κ3) is 6.34. The van der Waals surface area contributed by atoms with Crippen LogP contribution in [0.5, 0.6) is 23.0 Å². The zero-order chi connectivity index (χ0) is 23.7. The predicted octanol–water partition coefficient (Wildman–Crippen LogP) is 4.83. The van der Waals surface area contributed by atoms with Crippen LogP contribution in [0.1, 0.15) is 20.8 Å². The number of hydrogen-bond acceptors (Lipinski definition) is 8. The number of halogens is 1. The third-order valence-electron chi connectivity index (χ3n) is 4.18. The Labute approximate surface area is 191 Å². The summed E-state index contributed by atoms with van der Waals surface area (Å²) in [5, 5.41) is 10.9. The van der Waals surface area contributed by atoms with E-state index in [-0.39, 0.29) is 16.5 Å². The van der Waals surface area contributed by atoms with E-state index in [1.54, 1.807) is 37.3 Å². The Bertz CT molecular complexity index is 996. The highest BCUT2D eigenvalue weighted by atomic mass is 35.5. The molecule has 2 rings (SSSR count). The van der Waals surface area contributed by atoms with Gasteiger partial charge in [0.25, 0.3) is 5.91 Å². The average Bonchev–Trinajstić information content (AvgIpc) is 2.76. The van der Waals surface area contributed by atoms with Crippen molar-refractivity contribution < 1.29 is 28.5 Å². The molecule has 0 saturated heterocycles. The minimum atomic E-state index is -1.41. The van der Waals surface area contributed by atoms with Gasteiger partial charge in [0.15, 0.2) is 11.5 Å². The minimum absolute atomic E-state index is 0.258. The minimum Gasteiger partial charge on any atom is -0.497 e. The number of methoxy groups -OCH3 is 2. The number of anilines is 1. The molecule has 32 heavy (non-hydrogen) atoms. The van der Waals surface area contributed by atoms with E-state index in [0.29, 0.717) is 36.1 Å². The highest BCUT2D eigenvalue weighted by molar-refractivity contribution is 6.33. The first-order valence-corrected chi connectivity index (χ1v) is 10.3. The number of Topliss-reactive ketones (excluding diaryl/α,β-unsaturated/α-hetero) is 1. The maximum absolute atomic E-state index is 12.9. The molecule has 10 heteroatoms. The first-order valence-electron chi connectivity index (χ1n) is 9.87. The predicted molar refractivity (Wildman–Crippen MR) is 121 cm³/mol. The summed E-state index contributed by atoms with van der Waals surface area (Å²) in [6, 6.07) is 6.66. The van der Waals surface area contributed by atoms with E-state index in [9.17, 15) is 9.59 Å². The molecule has 0 bridgehead atoms. The summed E-state index contributed by atoms with van der Waals surface area (Å²) < 4.78 is 21.4. The molecule has 1 unspecified atom stereocenters. The van der Waals surface area contributed by atoms with Crippen molar-refractivity contribution in [3.8, 4) is 23.0 Å². The third-order valence-corrected chi connectivity index (χ3v) is 4.46. The molecule has 0 fully saturated rings. The Hall–Kier alpha value is -3.33. The van der Waals surface area contributed by atoms with Gasteiger partial charge in [-0.2, -0.15) is 10.2 Å². The van der Waals surface area contributed by atoms with Gasteiger partial charge in [-0.3, -0.25) is 9.59 Å². The van der Waals surface area contributed by atoms with Crippen LogP contribution in [-0.2, 0) is 9.59 Å². The fraction of sp³-hybridized carbons (Fsp3) is 0.364.